The van der Waals surface area contributed by atoms with E-state index in [0.717, 1.165) is 55.1 Å². The molecule has 5 rings (SSSR count). The Morgan fingerprint density at radius 2 is 1.58 bits per heavy atom. The molecule has 0 saturated carbocycles. The predicted octanol–water partition coefficient (Wildman–Crippen LogP) is 2.68. The van der Waals surface area contributed by atoms with E-state index in [0.29, 0.717) is 0 Å². The molecule has 0 aliphatic carbocycles. The van der Waals surface area contributed by atoms with Crippen molar-refractivity contribution in [2.75, 3.05) is 6.79 Å². The SMILES string of the molecule is C[n+]1cc2cc(CO)c(CO)cc2c2ccc3cc4c(cc3c21)OCO4. The first-order valence-electron chi connectivity index (χ1n) is 8.51. The highest BCUT2D eigenvalue weighted by atomic mass is 16.7. The quantitative estimate of drug-likeness (QED) is 0.432. The second-order valence-electron chi connectivity index (χ2n) is 6.65. The summed E-state index contributed by atoms with van der Waals surface area (Å²) in [5.41, 5.74) is 2.60. The number of pyridine rings is 1. The highest BCUT2D eigenvalue weighted by Gasteiger charge is 2.20. The van der Waals surface area contributed by atoms with E-state index in [9.17, 15) is 10.2 Å². The normalized spacial score (nSPS) is 13.2. The summed E-state index contributed by atoms with van der Waals surface area (Å²) in [6.45, 7) is 0.0673. The number of nitrogens with zero attached hydrogens (tertiary/aromatic N) is 1. The van der Waals surface area contributed by atoms with Crippen LogP contribution in [0.25, 0.3) is 32.4 Å². The standard InChI is InChI=1S/C21H18NO4/c1-22-8-13-4-14(9-23)15(10-24)5-17(13)16-3-2-12-6-19-20(26-11-25-19)7-18(12)21(16)22/h2-8,23-24H,9-11H2,1H3/q+1. The molecule has 5 heteroatoms. The summed E-state index contributed by atoms with van der Waals surface area (Å²) in [6, 6.07) is 12.1. The van der Waals surface area contributed by atoms with Crippen molar-refractivity contribution in [2.45, 2.75) is 13.2 Å². The van der Waals surface area contributed by atoms with Crippen LogP contribution in [0.5, 0.6) is 11.5 Å². The summed E-state index contributed by atoms with van der Waals surface area (Å²) in [6.07, 6.45) is 2.06. The van der Waals surface area contributed by atoms with E-state index >= 15 is 0 Å². The Balaban J connectivity index is 1.93. The Bertz CT molecular complexity index is 1200. The molecule has 3 aromatic carbocycles. The lowest BCUT2D eigenvalue weighted by Crippen LogP contribution is -2.28. The van der Waals surface area contributed by atoms with Gasteiger partial charge in [0, 0.05) is 10.8 Å². The van der Waals surface area contributed by atoms with Crippen molar-refractivity contribution in [3.63, 3.8) is 0 Å². The van der Waals surface area contributed by atoms with Gasteiger partial charge in [-0.2, -0.15) is 4.57 Å². The van der Waals surface area contributed by atoms with Crippen LogP contribution in [0.15, 0.2) is 42.6 Å². The van der Waals surface area contributed by atoms with Crippen molar-refractivity contribution in [1.29, 1.82) is 0 Å². The van der Waals surface area contributed by atoms with Crippen molar-refractivity contribution in [3.05, 3.63) is 53.7 Å². The van der Waals surface area contributed by atoms with Gasteiger partial charge < -0.3 is 19.7 Å². The average Bonchev–Trinajstić information content (AvgIpc) is 3.12. The van der Waals surface area contributed by atoms with E-state index in [1.165, 1.54) is 0 Å². The minimum Gasteiger partial charge on any atom is -0.454 e. The molecule has 2 heterocycles. The number of aliphatic hydroxyl groups is 2. The fourth-order valence-corrected chi connectivity index (χ4v) is 3.91. The lowest BCUT2D eigenvalue weighted by atomic mass is 9.97. The minimum absolute atomic E-state index is 0.0885. The number of aromatic nitrogens is 1. The van der Waals surface area contributed by atoms with Crippen molar-refractivity contribution in [2.24, 2.45) is 7.05 Å². The Morgan fingerprint density at radius 1 is 0.846 bits per heavy atom. The monoisotopic (exact) mass is 348 g/mol. The molecule has 0 fully saturated rings. The van der Waals surface area contributed by atoms with Crippen LogP contribution in [-0.4, -0.2) is 17.0 Å². The summed E-state index contributed by atoms with van der Waals surface area (Å²) in [5, 5.41) is 24.6. The number of hydrogen-bond acceptors (Lipinski definition) is 4. The van der Waals surface area contributed by atoms with Crippen LogP contribution in [0.1, 0.15) is 11.1 Å². The van der Waals surface area contributed by atoms with Gasteiger partial charge in [-0.15, -0.1) is 0 Å². The van der Waals surface area contributed by atoms with Crippen LogP contribution in [0.3, 0.4) is 0 Å². The van der Waals surface area contributed by atoms with E-state index in [2.05, 4.69) is 22.9 Å². The minimum atomic E-state index is -0.0966. The number of hydrogen-bond donors (Lipinski definition) is 2. The molecule has 0 spiro atoms. The number of ether oxygens (including phenoxy) is 2. The van der Waals surface area contributed by atoms with Crippen molar-refractivity contribution in [1.82, 2.24) is 0 Å². The molecule has 1 aliphatic rings. The zero-order valence-electron chi connectivity index (χ0n) is 14.3. The molecule has 4 aromatic rings. The van der Waals surface area contributed by atoms with E-state index in [1.54, 1.807) is 0 Å². The molecule has 0 atom stereocenters. The number of rotatable bonds is 2. The molecule has 2 N–H and O–H groups in total. The smallest absolute Gasteiger partial charge is 0.231 e. The lowest BCUT2D eigenvalue weighted by Gasteiger charge is -2.10. The van der Waals surface area contributed by atoms with E-state index < -0.39 is 0 Å². The molecule has 0 unspecified atom stereocenters. The topological polar surface area (TPSA) is 62.8 Å². The predicted molar refractivity (Wildman–Crippen MR) is 98.1 cm³/mol. The molecule has 5 nitrogen and oxygen atoms in total. The summed E-state index contributed by atoms with van der Waals surface area (Å²) >= 11 is 0. The first-order chi connectivity index (χ1) is 12.7. The number of aliphatic hydroxyl groups excluding tert-OH is 2. The second kappa shape index (κ2) is 5.56. The first kappa shape index (κ1) is 15.4. The summed E-state index contributed by atoms with van der Waals surface area (Å²) in [5.74, 6) is 1.53. The lowest BCUT2D eigenvalue weighted by molar-refractivity contribution is -0.642. The molecular formula is C21H18NO4+. The van der Waals surface area contributed by atoms with Gasteiger partial charge in [-0.05, 0) is 46.8 Å². The Labute approximate surface area is 149 Å². The molecule has 26 heavy (non-hydrogen) atoms. The van der Waals surface area contributed by atoms with Crippen LogP contribution >= 0.6 is 0 Å². The summed E-state index contributed by atoms with van der Waals surface area (Å²) in [7, 11) is 2.02. The van der Waals surface area contributed by atoms with Gasteiger partial charge in [-0.25, -0.2) is 0 Å². The molecular weight excluding hydrogens is 330 g/mol. The van der Waals surface area contributed by atoms with Gasteiger partial charge in [0.1, 0.15) is 7.05 Å². The van der Waals surface area contributed by atoms with Crippen molar-refractivity contribution >= 4 is 32.4 Å². The van der Waals surface area contributed by atoms with Crippen LogP contribution in [-0.2, 0) is 20.3 Å². The zero-order valence-corrected chi connectivity index (χ0v) is 14.3. The fourth-order valence-electron chi connectivity index (χ4n) is 3.91. The highest BCUT2D eigenvalue weighted by Crippen LogP contribution is 2.39. The molecule has 1 aromatic heterocycles. The van der Waals surface area contributed by atoms with Crippen LogP contribution in [0.2, 0.25) is 0 Å². The maximum absolute atomic E-state index is 9.67. The third-order valence-corrected chi connectivity index (χ3v) is 5.17. The largest absolute Gasteiger partial charge is 0.454 e. The van der Waals surface area contributed by atoms with Crippen LogP contribution in [0, 0.1) is 0 Å². The fraction of sp³-hybridized carbons (Fsp3) is 0.190. The Kier molecular flexibility index (Phi) is 3.29. The average molecular weight is 348 g/mol. The van der Waals surface area contributed by atoms with E-state index in [1.807, 2.05) is 31.3 Å². The summed E-state index contributed by atoms with van der Waals surface area (Å²) in [4.78, 5) is 0. The Morgan fingerprint density at radius 3 is 2.35 bits per heavy atom. The third kappa shape index (κ3) is 2.08. The molecule has 0 radical (unpaired) electrons. The second-order valence-corrected chi connectivity index (χ2v) is 6.65. The number of aryl methyl sites for hydroxylation is 1. The highest BCUT2D eigenvalue weighted by molar-refractivity contribution is 6.14. The van der Waals surface area contributed by atoms with E-state index in [-0.39, 0.29) is 20.0 Å². The molecule has 0 saturated heterocycles. The van der Waals surface area contributed by atoms with E-state index in [4.69, 9.17) is 9.47 Å². The van der Waals surface area contributed by atoms with Gasteiger partial charge in [0.05, 0.1) is 24.0 Å². The van der Waals surface area contributed by atoms with Gasteiger partial charge in [0.2, 0.25) is 12.3 Å². The molecule has 0 bridgehead atoms. The maximum Gasteiger partial charge on any atom is 0.231 e. The van der Waals surface area contributed by atoms with Gasteiger partial charge in [0.25, 0.3) is 0 Å². The van der Waals surface area contributed by atoms with Crippen LogP contribution in [0.4, 0.5) is 0 Å². The molecule has 1 aliphatic heterocycles. The van der Waals surface area contributed by atoms with Crippen molar-refractivity contribution in [3.8, 4) is 11.5 Å². The maximum atomic E-state index is 9.67. The molecule has 0 amide bonds. The van der Waals surface area contributed by atoms with Gasteiger partial charge in [-0.1, -0.05) is 6.07 Å². The third-order valence-electron chi connectivity index (χ3n) is 5.17. The van der Waals surface area contributed by atoms with Gasteiger partial charge in [0.15, 0.2) is 17.7 Å². The zero-order chi connectivity index (χ0) is 17.8. The van der Waals surface area contributed by atoms with Gasteiger partial charge in [-0.3, -0.25) is 0 Å². The molecule has 130 valence electrons. The first-order valence-corrected chi connectivity index (χ1v) is 8.51. The Hall–Kier alpha value is -2.89. The summed E-state index contributed by atoms with van der Waals surface area (Å²) < 4.78 is 13.2. The van der Waals surface area contributed by atoms with Gasteiger partial charge >= 0.3 is 0 Å². The number of benzene rings is 3. The number of fused-ring (bicyclic) bond motifs is 6. The van der Waals surface area contributed by atoms with Crippen LogP contribution < -0.4 is 14.0 Å². The van der Waals surface area contributed by atoms with Crippen molar-refractivity contribution < 1.29 is 24.3 Å².